The number of hydrogen-bond donors (Lipinski definition) is 1. The quantitative estimate of drug-likeness (QED) is 0.872. The predicted octanol–water partition coefficient (Wildman–Crippen LogP) is 2.31. The first-order chi connectivity index (χ1) is 8.17. The summed E-state index contributed by atoms with van der Waals surface area (Å²) >= 11 is 0. The van der Waals surface area contributed by atoms with Crippen LogP contribution in [0.3, 0.4) is 0 Å². The molecule has 0 saturated heterocycles. The molecule has 0 unspecified atom stereocenters. The van der Waals surface area contributed by atoms with Gasteiger partial charge in [-0.1, -0.05) is 19.3 Å². The van der Waals surface area contributed by atoms with E-state index in [0.29, 0.717) is 6.04 Å². The summed E-state index contributed by atoms with van der Waals surface area (Å²) < 4.78 is 2.17. The van der Waals surface area contributed by atoms with Crippen LogP contribution in [0.25, 0.3) is 0 Å². The third-order valence-electron chi connectivity index (χ3n) is 4.08. The molecule has 0 atom stereocenters. The average Bonchev–Trinajstić information content (AvgIpc) is 2.78. The molecule has 0 amide bonds. The van der Waals surface area contributed by atoms with Crippen molar-refractivity contribution in [2.75, 3.05) is 6.54 Å². The van der Waals surface area contributed by atoms with Crippen LogP contribution >= 0.6 is 0 Å². The Morgan fingerprint density at radius 2 is 2.06 bits per heavy atom. The SMILES string of the molecule is CC(C)n1cnnc1CC1(CN)CCCCC1. The molecule has 1 heterocycles. The van der Waals surface area contributed by atoms with E-state index in [1.807, 2.05) is 6.33 Å². The van der Waals surface area contributed by atoms with Crippen LogP contribution in [0.1, 0.15) is 57.8 Å². The van der Waals surface area contributed by atoms with Gasteiger partial charge in [0.05, 0.1) is 0 Å². The van der Waals surface area contributed by atoms with Gasteiger partial charge in [0, 0.05) is 12.5 Å². The molecule has 2 N–H and O–H groups in total. The largest absolute Gasteiger partial charge is 0.330 e. The highest BCUT2D eigenvalue weighted by Gasteiger charge is 2.32. The Labute approximate surface area is 104 Å². The summed E-state index contributed by atoms with van der Waals surface area (Å²) in [4.78, 5) is 0. The molecular weight excluding hydrogens is 212 g/mol. The van der Waals surface area contributed by atoms with Crippen LogP contribution < -0.4 is 5.73 Å². The molecule has 1 aliphatic rings. The van der Waals surface area contributed by atoms with Crippen LogP contribution in [0, 0.1) is 5.41 Å². The van der Waals surface area contributed by atoms with E-state index in [1.54, 1.807) is 0 Å². The zero-order valence-electron chi connectivity index (χ0n) is 11.0. The number of rotatable bonds is 4. The smallest absolute Gasteiger partial charge is 0.133 e. The van der Waals surface area contributed by atoms with Gasteiger partial charge in [0.15, 0.2) is 0 Å². The summed E-state index contributed by atoms with van der Waals surface area (Å²) in [5.41, 5.74) is 6.30. The van der Waals surface area contributed by atoms with Crippen LogP contribution in [0.4, 0.5) is 0 Å². The summed E-state index contributed by atoms with van der Waals surface area (Å²) in [5.74, 6) is 1.10. The number of aromatic nitrogens is 3. The molecule has 1 saturated carbocycles. The van der Waals surface area contributed by atoms with Gasteiger partial charge in [-0.3, -0.25) is 0 Å². The zero-order chi connectivity index (χ0) is 12.3. The van der Waals surface area contributed by atoms with Crippen molar-refractivity contribution in [2.24, 2.45) is 11.1 Å². The molecule has 1 aromatic rings. The number of nitrogens with two attached hydrogens (primary N) is 1. The first kappa shape index (κ1) is 12.6. The van der Waals surface area contributed by atoms with Crippen molar-refractivity contribution in [3.8, 4) is 0 Å². The molecule has 17 heavy (non-hydrogen) atoms. The van der Waals surface area contributed by atoms with E-state index in [4.69, 9.17) is 5.73 Å². The molecule has 2 rings (SSSR count). The molecule has 4 nitrogen and oxygen atoms in total. The Kier molecular flexibility index (Phi) is 3.82. The van der Waals surface area contributed by atoms with E-state index in [9.17, 15) is 0 Å². The maximum absolute atomic E-state index is 6.02. The molecule has 0 bridgehead atoms. The van der Waals surface area contributed by atoms with Crippen molar-refractivity contribution in [1.82, 2.24) is 14.8 Å². The lowest BCUT2D eigenvalue weighted by Crippen LogP contribution is -2.35. The normalized spacial score (nSPS) is 19.8. The Morgan fingerprint density at radius 3 is 2.65 bits per heavy atom. The van der Waals surface area contributed by atoms with Gasteiger partial charge in [0.25, 0.3) is 0 Å². The summed E-state index contributed by atoms with van der Waals surface area (Å²) in [5, 5.41) is 8.33. The molecule has 1 aromatic heterocycles. The van der Waals surface area contributed by atoms with Crippen LogP contribution in [0.15, 0.2) is 6.33 Å². The van der Waals surface area contributed by atoms with E-state index in [1.165, 1.54) is 32.1 Å². The van der Waals surface area contributed by atoms with Gasteiger partial charge in [0.1, 0.15) is 12.2 Å². The Bertz CT molecular complexity index is 350. The van der Waals surface area contributed by atoms with Crippen molar-refractivity contribution in [3.63, 3.8) is 0 Å². The second kappa shape index (κ2) is 5.17. The zero-order valence-corrected chi connectivity index (χ0v) is 11.0. The molecular formula is C13H24N4. The molecule has 1 fully saturated rings. The van der Waals surface area contributed by atoms with Crippen LogP contribution in [-0.2, 0) is 6.42 Å². The lowest BCUT2D eigenvalue weighted by atomic mass is 9.71. The minimum absolute atomic E-state index is 0.276. The van der Waals surface area contributed by atoms with E-state index >= 15 is 0 Å². The van der Waals surface area contributed by atoms with Gasteiger partial charge in [0.2, 0.25) is 0 Å². The van der Waals surface area contributed by atoms with Gasteiger partial charge in [-0.2, -0.15) is 0 Å². The molecule has 1 aliphatic carbocycles. The van der Waals surface area contributed by atoms with Gasteiger partial charge < -0.3 is 10.3 Å². The molecule has 0 spiro atoms. The van der Waals surface area contributed by atoms with E-state index < -0.39 is 0 Å². The van der Waals surface area contributed by atoms with Gasteiger partial charge in [-0.05, 0) is 38.6 Å². The summed E-state index contributed by atoms with van der Waals surface area (Å²) in [6, 6.07) is 0.429. The van der Waals surface area contributed by atoms with Crippen LogP contribution in [0.2, 0.25) is 0 Å². The van der Waals surface area contributed by atoms with Crippen molar-refractivity contribution >= 4 is 0 Å². The van der Waals surface area contributed by atoms with E-state index in [-0.39, 0.29) is 5.41 Å². The second-order valence-electron chi connectivity index (χ2n) is 5.69. The number of hydrogen-bond acceptors (Lipinski definition) is 3. The topological polar surface area (TPSA) is 56.7 Å². The minimum Gasteiger partial charge on any atom is -0.330 e. The van der Waals surface area contributed by atoms with Crippen molar-refractivity contribution in [2.45, 2.75) is 58.4 Å². The third kappa shape index (κ3) is 2.68. The molecule has 96 valence electrons. The van der Waals surface area contributed by atoms with Gasteiger partial charge in [-0.15, -0.1) is 10.2 Å². The number of nitrogens with zero attached hydrogens (tertiary/aromatic N) is 3. The van der Waals surface area contributed by atoms with E-state index in [2.05, 4.69) is 28.6 Å². The average molecular weight is 236 g/mol. The third-order valence-corrected chi connectivity index (χ3v) is 4.08. The van der Waals surface area contributed by atoms with Crippen molar-refractivity contribution in [1.29, 1.82) is 0 Å². The second-order valence-corrected chi connectivity index (χ2v) is 5.69. The summed E-state index contributed by atoms with van der Waals surface area (Å²) in [7, 11) is 0. The monoisotopic (exact) mass is 236 g/mol. The first-order valence-corrected chi connectivity index (χ1v) is 6.75. The van der Waals surface area contributed by atoms with Gasteiger partial charge in [-0.25, -0.2) is 0 Å². The van der Waals surface area contributed by atoms with Gasteiger partial charge >= 0.3 is 0 Å². The maximum Gasteiger partial charge on any atom is 0.133 e. The lowest BCUT2D eigenvalue weighted by Gasteiger charge is -2.36. The molecule has 0 radical (unpaired) electrons. The Morgan fingerprint density at radius 1 is 1.35 bits per heavy atom. The maximum atomic E-state index is 6.02. The first-order valence-electron chi connectivity index (χ1n) is 6.75. The Hall–Kier alpha value is -0.900. The highest BCUT2D eigenvalue weighted by atomic mass is 15.3. The fourth-order valence-corrected chi connectivity index (χ4v) is 2.91. The fraction of sp³-hybridized carbons (Fsp3) is 0.846. The fourth-order valence-electron chi connectivity index (χ4n) is 2.91. The van der Waals surface area contributed by atoms with Crippen molar-refractivity contribution in [3.05, 3.63) is 12.2 Å². The van der Waals surface area contributed by atoms with Crippen LogP contribution in [0.5, 0.6) is 0 Å². The van der Waals surface area contributed by atoms with E-state index in [0.717, 1.165) is 18.8 Å². The Balaban J connectivity index is 2.14. The minimum atomic E-state index is 0.276. The molecule has 0 aromatic carbocycles. The summed E-state index contributed by atoms with van der Waals surface area (Å²) in [6.07, 6.45) is 9.30. The molecule has 0 aliphatic heterocycles. The van der Waals surface area contributed by atoms with Crippen LogP contribution in [-0.4, -0.2) is 21.3 Å². The summed E-state index contributed by atoms with van der Waals surface area (Å²) in [6.45, 7) is 5.11. The highest BCUT2D eigenvalue weighted by Crippen LogP contribution is 2.38. The lowest BCUT2D eigenvalue weighted by molar-refractivity contribution is 0.190. The predicted molar refractivity (Wildman–Crippen MR) is 68.7 cm³/mol. The molecule has 4 heteroatoms. The standard InChI is InChI=1S/C13H24N4/c1-11(2)17-10-15-16-12(17)8-13(9-14)6-4-3-5-7-13/h10-11H,3-9,14H2,1-2H3. The highest BCUT2D eigenvalue weighted by molar-refractivity contribution is 4.97. The van der Waals surface area contributed by atoms with Crippen molar-refractivity contribution < 1.29 is 0 Å².